The summed E-state index contributed by atoms with van der Waals surface area (Å²) in [6, 6.07) is 55.7. The van der Waals surface area contributed by atoms with Crippen molar-refractivity contribution in [2.45, 2.75) is 198 Å². The maximum absolute atomic E-state index is 13.5. The predicted molar refractivity (Wildman–Crippen MR) is 451 cm³/mol. The summed E-state index contributed by atoms with van der Waals surface area (Å²) in [4.78, 5) is 75.7. The van der Waals surface area contributed by atoms with Crippen LogP contribution in [0.5, 0.6) is 17.2 Å². The van der Waals surface area contributed by atoms with E-state index < -0.39 is 51.8 Å². The van der Waals surface area contributed by atoms with Gasteiger partial charge >= 0.3 is 37.0 Å². The fourth-order valence-electron chi connectivity index (χ4n) is 13.9. The molecule has 0 atom stereocenters. The summed E-state index contributed by atoms with van der Waals surface area (Å²) in [5, 5.41) is 18.8. The van der Waals surface area contributed by atoms with E-state index in [0.29, 0.717) is 47.6 Å². The summed E-state index contributed by atoms with van der Waals surface area (Å²) >= 11 is 0. The number of imidazole rings is 3. The number of benzene rings is 5. The fraction of sp³-hybridized carbons (Fsp3) is 0.380. The van der Waals surface area contributed by atoms with Gasteiger partial charge in [0.1, 0.15) is 53.9 Å². The second-order valence-electron chi connectivity index (χ2n) is 32.5. The van der Waals surface area contributed by atoms with Gasteiger partial charge in [-0.3, -0.25) is 15.0 Å². The zero-order valence-corrected chi connectivity index (χ0v) is 71.8. The van der Waals surface area contributed by atoms with Crippen molar-refractivity contribution in [3.8, 4) is 85.2 Å². The number of hydrogen-bond acceptors (Lipinski definition) is 18. The highest BCUT2D eigenvalue weighted by molar-refractivity contribution is 6.76. The highest BCUT2D eigenvalue weighted by Crippen LogP contribution is 2.38. The molecule has 124 heavy (non-hydrogen) atoms. The first kappa shape index (κ1) is 97.8. The molecule has 3 fully saturated rings. The number of aromatic amines is 1. The molecule has 6 heterocycles. The second-order valence-corrected chi connectivity index (χ2v) is 43.8. The van der Waals surface area contributed by atoms with Gasteiger partial charge in [-0.2, -0.15) is 68.3 Å². The van der Waals surface area contributed by atoms with Crippen molar-refractivity contribution in [1.29, 1.82) is 0 Å². The smallest absolute Gasteiger partial charge is 0.434 e. The SMILES string of the molecule is C[Si](C)(C)CCOCn1cc(C(F)(F)F)nc1-c1ccc(-c2ccc(O)cc2)nc1.C[Si](C)(C)CCOCn1cc(C(F)(F)F)nc1-c1ccc(-c2ccc(OC3CCC(Cc4ccccc4)CC3)cc2)nc1.FC(F)(F)c1cnc(-c2ccc(-c3ccc(OC4CCCCC4)cc3)nc2)[nH]1.O=C=O.O=C=O.O=C=O.OC1CCC(Cc2ccccc2)CC1. The lowest BCUT2D eigenvalue weighted by atomic mass is 9.83. The Balaban J connectivity index is 0.000000208. The molecule has 0 spiro atoms. The van der Waals surface area contributed by atoms with E-state index in [0.717, 1.165) is 121 Å². The van der Waals surface area contributed by atoms with E-state index in [1.54, 1.807) is 66.9 Å². The predicted octanol–water partition coefficient (Wildman–Crippen LogP) is 21.7. The number of aliphatic hydroxyl groups is 1. The third-order valence-corrected chi connectivity index (χ3v) is 23.9. The number of alkyl halides is 9. The van der Waals surface area contributed by atoms with Crippen molar-refractivity contribution in [3.63, 3.8) is 0 Å². The van der Waals surface area contributed by atoms with Crippen LogP contribution in [0.1, 0.15) is 112 Å². The summed E-state index contributed by atoms with van der Waals surface area (Å²) in [6.45, 7) is 14.3. The maximum atomic E-state index is 13.5. The first-order valence-corrected chi connectivity index (χ1v) is 48.1. The Labute approximate surface area is 716 Å². The number of aromatic hydroxyl groups is 1. The molecule has 0 amide bonds. The van der Waals surface area contributed by atoms with Crippen molar-refractivity contribution in [2.75, 3.05) is 13.2 Å². The lowest BCUT2D eigenvalue weighted by molar-refractivity contribution is -0.193. The summed E-state index contributed by atoms with van der Waals surface area (Å²) < 4.78 is 145. The van der Waals surface area contributed by atoms with Crippen LogP contribution in [-0.2, 0) is 83.1 Å². The Morgan fingerprint density at radius 2 is 0.774 bits per heavy atom. The molecule has 11 aromatic rings. The molecule has 5 aromatic carbocycles. The molecule has 3 saturated carbocycles. The first-order chi connectivity index (χ1) is 59.1. The van der Waals surface area contributed by atoms with Gasteiger partial charge in [0.05, 0.1) is 41.6 Å². The van der Waals surface area contributed by atoms with Gasteiger partial charge in [0, 0.05) is 93.7 Å². The normalized spacial score (nSPS) is 15.9. The lowest BCUT2D eigenvalue weighted by Gasteiger charge is -2.29. The number of pyridine rings is 3. The van der Waals surface area contributed by atoms with Crippen molar-refractivity contribution < 1.29 is 97.4 Å². The van der Waals surface area contributed by atoms with Crippen molar-refractivity contribution in [1.82, 2.24) is 44.0 Å². The van der Waals surface area contributed by atoms with E-state index in [9.17, 15) is 49.7 Å². The topological polar surface area (TPSA) is 283 Å². The number of aromatic nitrogens is 9. The molecule has 32 heteroatoms. The van der Waals surface area contributed by atoms with Crippen LogP contribution in [0.15, 0.2) is 207 Å². The molecule has 3 aliphatic rings. The van der Waals surface area contributed by atoms with Gasteiger partial charge in [-0.25, -0.2) is 15.0 Å². The van der Waals surface area contributed by atoms with Crippen LogP contribution in [0.2, 0.25) is 51.4 Å². The van der Waals surface area contributed by atoms with Gasteiger partial charge in [-0.15, -0.1) is 0 Å². The molecule has 0 saturated heterocycles. The van der Waals surface area contributed by atoms with Crippen LogP contribution in [0.25, 0.3) is 67.9 Å². The van der Waals surface area contributed by atoms with Crippen molar-refractivity contribution in [3.05, 3.63) is 235 Å². The number of rotatable bonds is 24. The maximum Gasteiger partial charge on any atom is 0.434 e. The summed E-state index contributed by atoms with van der Waals surface area (Å²) in [7, 11) is -2.61. The first-order valence-electron chi connectivity index (χ1n) is 40.7. The zero-order valence-electron chi connectivity index (χ0n) is 69.8. The van der Waals surface area contributed by atoms with Crippen LogP contribution in [0, 0.1) is 11.8 Å². The molecule has 0 radical (unpaired) electrons. The minimum atomic E-state index is -4.54. The van der Waals surface area contributed by atoms with Gasteiger partial charge in [0.25, 0.3) is 0 Å². The van der Waals surface area contributed by atoms with Crippen LogP contribution >= 0.6 is 0 Å². The van der Waals surface area contributed by atoms with Crippen LogP contribution in [0.3, 0.4) is 0 Å². The second kappa shape index (κ2) is 47.9. The number of hydrogen-bond donors (Lipinski definition) is 3. The summed E-state index contributed by atoms with van der Waals surface area (Å²) in [5.41, 5.74) is 6.21. The van der Waals surface area contributed by atoms with E-state index >= 15 is 0 Å². The Morgan fingerprint density at radius 3 is 1.12 bits per heavy atom. The monoisotopic (exact) mass is 1750 g/mol. The van der Waals surface area contributed by atoms with Crippen LogP contribution in [-0.4, -0.2) is 120 Å². The standard InChI is InChI=1S/C34H40F3N3O2Si.C21H24F3N3O2Si.C21H20F3N3O.C13H18O.3CO2/c1-43(2,3)20-19-41-24-40-23-32(34(35,36)37)39-33(40)28-13-18-31(38-22-28)27-11-16-30(17-12-27)42-29-14-9-26(10-15-29)21-25-7-5-4-6-8-25;1-30(2,3)11-10-29-14-27-13-19(21(22,23)24)26-20(27)16-6-9-18(25-12-16)15-4-7-17(28)8-5-15;22-21(23,24)19-13-26-20(27-19)15-8-11-18(25-12-15)14-6-9-17(10-7-14)28-16-4-2-1-3-5-16;14-13-8-6-12(7-9-13)10-11-4-2-1-3-5-11;3*2-1-3/h4-8,11-13,16-18,22-23,26,29H,9-10,14-15,19-21,24H2,1-3H3;4-9,12-13,28H,10-11,14H2,1-3H3;6-13,16H,1-5H2,(H,26,27);1-5,12-14H,6-10H2;;;. The molecule has 658 valence electrons. The number of aliphatic hydroxyl groups excluding tert-OH is 1. The number of carbonyl (C=O) groups excluding carboxylic acids is 6. The number of ether oxygens (including phenoxy) is 4. The highest BCUT2D eigenvalue weighted by atomic mass is 28.3. The Hall–Kier alpha value is -11.6. The van der Waals surface area contributed by atoms with Gasteiger partial charge in [-0.05, 0) is 234 Å². The number of phenolic OH excluding ortho intramolecular Hbond substituents is 1. The third-order valence-electron chi connectivity index (χ3n) is 20.5. The molecular weight excluding hydrogens is 1650 g/mol. The van der Waals surface area contributed by atoms with Gasteiger partial charge in [0.15, 0.2) is 11.4 Å². The number of phenols is 1. The molecule has 14 rings (SSSR count). The quantitative estimate of drug-likeness (QED) is 0.0288. The number of halogens is 9. The number of H-pyrrole nitrogens is 1. The largest absolute Gasteiger partial charge is 0.508 e. The van der Waals surface area contributed by atoms with Gasteiger partial charge < -0.3 is 43.3 Å². The Bertz CT molecular complexity index is 5040. The van der Waals surface area contributed by atoms with E-state index in [2.05, 4.69) is 135 Å². The molecule has 6 aromatic heterocycles. The lowest BCUT2D eigenvalue weighted by Crippen LogP contribution is -2.25. The minimum absolute atomic E-state index is 0.000777. The molecule has 3 N–H and O–H groups in total. The van der Waals surface area contributed by atoms with E-state index in [1.807, 2.05) is 48.5 Å². The highest BCUT2D eigenvalue weighted by Gasteiger charge is 2.37. The molecular formula is C92H102F9N9O12Si2. The van der Waals surface area contributed by atoms with E-state index in [4.69, 9.17) is 47.7 Å². The fourth-order valence-corrected chi connectivity index (χ4v) is 15.4. The van der Waals surface area contributed by atoms with E-state index in [1.165, 1.54) is 84.0 Å². The Kier molecular flexibility index (Phi) is 37.8. The number of nitrogens with one attached hydrogen (secondary N) is 1. The zero-order chi connectivity index (χ0) is 89.9. The average molecular weight is 1750 g/mol. The van der Waals surface area contributed by atoms with Gasteiger partial charge in [-0.1, -0.05) is 106 Å². The Morgan fingerprint density at radius 1 is 0.419 bits per heavy atom. The van der Waals surface area contributed by atoms with Crippen LogP contribution in [0.4, 0.5) is 39.5 Å². The van der Waals surface area contributed by atoms with Crippen molar-refractivity contribution >= 4 is 34.6 Å². The number of nitrogens with zero attached hydrogens (tertiary/aromatic N) is 8. The molecule has 0 bridgehead atoms. The minimum Gasteiger partial charge on any atom is -0.508 e. The molecule has 21 nitrogen and oxygen atoms in total. The molecule has 0 unspecified atom stereocenters. The van der Waals surface area contributed by atoms with Gasteiger partial charge in [0.2, 0.25) is 0 Å². The van der Waals surface area contributed by atoms with Crippen molar-refractivity contribution in [2.24, 2.45) is 11.8 Å². The summed E-state index contributed by atoms with van der Waals surface area (Å²) in [5.74, 6) is 3.81. The molecule has 0 aliphatic heterocycles. The molecule has 3 aliphatic carbocycles. The van der Waals surface area contributed by atoms with Crippen LogP contribution < -0.4 is 9.47 Å². The third kappa shape index (κ3) is 33.2. The van der Waals surface area contributed by atoms with E-state index in [-0.39, 0.29) is 67.3 Å². The average Bonchev–Trinajstić information content (AvgIpc) is 1.69. The summed E-state index contributed by atoms with van der Waals surface area (Å²) in [6.07, 6.45) is 12.1.